The molecule has 2 aromatic rings. The SMILES string of the molecule is Cc1cc(CN2CCc3cc(NC(=O)CC(C)(C)C)ccc32)ccc1S. The van der Waals surface area contributed by atoms with Gasteiger partial charge < -0.3 is 10.2 Å². The van der Waals surface area contributed by atoms with Gasteiger partial charge >= 0.3 is 0 Å². The molecule has 26 heavy (non-hydrogen) atoms. The summed E-state index contributed by atoms with van der Waals surface area (Å²) in [6.07, 6.45) is 1.54. The molecule has 3 rings (SSSR count). The number of fused-ring (bicyclic) bond motifs is 1. The van der Waals surface area contributed by atoms with E-state index in [2.05, 4.69) is 80.9 Å². The van der Waals surface area contributed by atoms with Gasteiger partial charge in [-0.15, -0.1) is 12.6 Å². The Labute approximate surface area is 162 Å². The standard InChI is InChI=1S/C22H28N2OS/c1-15-11-16(5-8-20(15)26)14-24-10-9-17-12-18(6-7-19(17)24)23-21(25)13-22(2,3)4/h5-8,11-12,26H,9-10,13-14H2,1-4H3,(H,23,25). The molecule has 1 N–H and O–H groups in total. The Morgan fingerprint density at radius 3 is 2.65 bits per heavy atom. The Kier molecular flexibility index (Phi) is 5.33. The van der Waals surface area contributed by atoms with Crippen LogP contribution in [0.15, 0.2) is 41.3 Å². The molecule has 0 atom stereocenters. The van der Waals surface area contributed by atoms with Crippen molar-refractivity contribution in [2.45, 2.75) is 52.0 Å². The first-order chi connectivity index (χ1) is 12.2. The summed E-state index contributed by atoms with van der Waals surface area (Å²) in [5, 5.41) is 3.04. The van der Waals surface area contributed by atoms with Crippen molar-refractivity contribution < 1.29 is 4.79 Å². The molecule has 2 aromatic carbocycles. The Morgan fingerprint density at radius 1 is 1.19 bits per heavy atom. The van der Waals surface area contributed by atoms with Gasteiger partial charge in [0.1, 0.15) is 0 Å². The molecule has 0 saturated heterocycles. The Hall–Kier alpha value is -1.94. The zero-order valence-electron chi connectivity index (χ0n) is 16.1. The second kappa shape index (κ2) is 7.36. The summed E-state index contributed by atoms with van der Waals surface area (Å²) in [5.74, 6) is 0.0784. The normalized spacial score (nSPS) is 13.7. The van der Waals surface area contributed by atoms with E-state index in [1.54, 1.807) is 0 Å². The number of rotatable bonds is 4. The van der Waals surface area contributed by atoms with Crippen molar-refractivity contribution >= 4 is 29.9 Å². The first kappa shape index (κ1) is 18.8. The van der Waals surface area contributed by atoms with Crippen molar-refractivity contribution in [3.8, 4) is 0 Å². The number of hydrogen-bond donors (Lipinski definition) is 2. The third kappa shape index (κ3) is 4.61. The quantitative estimate of drug-likeness (QED) is 0.725. The first-order valence-electron chi connectivity index (χ1n) is 9.17. The summed E-state index contributed by atoms with van der Waals surface area (Å²) in [7, 11) is 0. The van der Waals surface area contributed by atoms with E-state index < -0.39 is 0 Å². The van der Waals surface area contributed by atoms with Gasteiger partial charge in [-0.1, -0.05) is 32.9 Å². The third-order valence-corrected chi connectivity index (χ3v) is 5.18. The fraction of sp³-hybridized carbons (Fsp3) is 0.409. The lowest BCUT2D eigenvalue weighted by Crippen LogP contribution is -2.20. The van der Waals surface area contributed by atoms with Crippen LogP contribution in [-0.2, 0) is 17.8 Å². The lowest BCUT2D eigenvalue weighted by atomic mass is 9.92. The molecule has 1 amide bonds. The lowest BCUT2D eigenvalue weighted by Gasteiger charge is -2.21. The highest BCUT2D eigenvalue weighted by molar-refractivity contribution is 7.80. The van der Waals surface area contributed by atoms with Crippen molar-refractivity contribution in [3.63, 3.8) is 0 Å². The predicted octanol–water partition coefficient (Wildman–Crippen LogP) is 5.22. The molecule has 0 fully saturated rings. The predicted molar refractivity (Wildman–Crippen MR) is 112 cm³/mol. The molecule has 0 bridgehead atoms. The van der Waals surface area contributed by atoms with E-state index in [4.69, 9.17) is 0 Å². The van der Waals surface area contributed by atoms with Crippen LogP contribution >= 0.6 is 12.6 Å². The van der Waals surface area contributed by atoms with Gasteiger partial charge in [-0.05, 0) is 59.7 Å². The van der Waals surface area contributed by atoms with E-state index in [0.717, 1.165) is 30.1 Å². The van der Waals surface area contributed by atoms with Gasteiger partial charge in [0.15, 0.2) is 0 Å². The highest BCUT2D eigenvalue weighted by atomic mass is 32.1. The Bertz CT molecular complexity index is 823. The van der Waals surface area contributed by atoms with E-state index in [9.17, 15) is 4.79 Å². The molecule has 1 heterocycles. The summed E-state index contributed by atoms with van der Waals surface area (Å²) >= 11 is 4.45. The maximum atomic E-state index is 12.2. The molecule has 0 unspecified atom stereocenters. The highest BCUT2D eigenvalue weighted by Gasteiger charge is 2.21. The van der Waals surface area contributed by atoms with Crippen LogP contribution in [-0.4, -0.2) is 12.5 Å². The first-order valence-corrected chi connectivity index (χ1v) is 9.62. The Morgan fingerprint density at radius 2 is 1.96 bits per heavy atom. The minimum atomic E-state index is -0.00168. The smallest absolute Gasteiger partial charge is 0.224 e. The molecule has 138 valence electrons. The molecular formula is C22H28N2OS. The van der Waals surface area contributed by atoms with E-state index >= 15 is 0 Å². The van der Waals surface area contributed by atoms with E-state index in [-0.39, 0.29) is 11.3 Å². The number of amides is 1. The van der Waals surface area contributed by atoms with E-state index in [0.29, 0.717) is 6.42 Å². The van der Waals surface area contributed by atoms with Gasteiger partial charge in [-0.2, -0.15) is 0 Å². The van der Waals surface area contributed by atoms with Gasteiger partial charge in [0, 0.05) is 35.8 Å². The molecule has 0 spiro atoms. The van der Waals surface area contributed by atoms with Crippen LogP contribution in [0.1, 0.15) is 43.9 Å². The van der Waals surface area contributed by atoms with Crippen LogP contribution in [0.2, 0.25) is 0 Å². The van der Waals surface area contributed by atoms with Crippen molar-refractivity contribution in [3.05, 3.63) is 53.1 Å². The van der Waals surface area contributed by atoms with Gasteiger partial charge in [0.2, 0.25) is 5.91 Å². The van der Waals surface area contributed by atoms with Crippen LogP contribution in [0.3, 0.4) is 0 Å². The van der Waals surface area contributed by atoms with Gasteiger partial charge in [0.25, 0.3) is 0 Å². The number of aryl methyl sites for hydroxylation is 1. The summed E-state index contributed by atoms with van der Waals surface area (Å²) in [4.78, 5) is 15.6. The minimum Gasteiger partial charge on any atom is -0.367 e. The summed E-state index contributed by atoms with van der Waals surface area (Å²) in [6, 6.07) is 12.7. The maximum absolute atomic E-state index is 12.2. The van der Waals surface area contributed by atoms with Gasteiger partial charge in [0.05, 0.1) is 0 Å². The van der Waals surface area contributed by atoms with Crippen molar-refractivity contribution in [1.82, 2.24) is 0 Å². The number of hydrogen-bond acceptors (Lipinski definition) is 3. The zero-order chi connectivity index (χ0) is 18.9. The molecule has 0 aliphatic carbocycles. The van der Waals surface area contributed by atoms with Gasteiger partial charge in [-0.3, -0.25) is 4.79 Å². The number of anilines is 2. The number of nitrogens with zero attached hydrogens (tertiary/aromatic N) is 1. The largest absolute Gasteiger partial charge is 0.367 e. The summed E-state index contributed by atoms with van der Waals surface area (Å²) in [6.45, 7) is 10.2. The van der Waals surface area contributed by atoms with E-state index in [1.807, 2.05) is 6.07 Å². The number of nitrogens with one attached hydrogen (secondary N) is 1. The summed E-state index contributed by atoms with van der Waals surface area (Å²) < 4.78 is 0. The second-order valence-corrected chi connectivity index (χ2v) is 8.90. The summed E-state index contributed by atoms with van der Waals surface area (Å²) in [5.41, 5.74) is 5.98. The average molecular weight is 369 g/mol. The van der Waals surface area contributed by atoms with Crippen LogP contribution in [0.4, 0.5) is 11.4 Å². The van der Waals surface area contributed by atoms with Crippen LogP contribution in [0, 0.1) is 12.3 Å². The number of carbonyl (C=O) groups is 1. The fourth-order valence-electron chi connectivity index (χ4n) is 3.44. The molecular weight excluding hydrogens is 340 g/mol. The van der Waals surface area contributed by atoms with Crippen LogP contribution in [0.5, 0.6) is 0 Å². The Balaban J connectivity index is 1.69. The average Bonchev–Trinajstić information content (AvgIpc) is 2.91. The third-order valence-electron chi connectivity index (χ3n) is 4.68. The molecule has 1 aliphatic heterocycles. The number of benzene rings is 2. The minimum absolute atomic E-state index is 0.00168. The fourth-order valence-corrected chi connectivity index (χ4v) is 3.57. The molecule has 0 saturated carbocycles. The maximum Gasteiger partial charge on any atom is 0.224 e. The second-order valence-electron chi connectivity index (χ2n) is 8.42. The van der Waals surface area contributed by atoms with E-state index in [1.165, 1.54) is 22.4 Å². The molecule has 0 aromatic heterocycles. The lowest BCUT2D eigenvalue weighted by molar-refractivity contribution is -0.117. The van der Waals surface area contributed by atoms with Crippen molar-refractivity contribution in [1.29, 1.82) is 0 Å². The number of thiol groups is 1. The molecule has 4 heteroatoms. The molecule has 0 radical (unpaired) electrons. The molecule has 1 aliphatic rings. The van der Waals surface area contributed by atoms with Gasteiger partial charge in [-0.25, -0.2) is 0 Å². The number of carbonyl (C=O) groups excluding carboxylic acids is 1. The van der Waals surface area contributed by atoms with Crippen LogP contribution in [0.25, 0.3) is 0 Å². The highest BCUT2D eigenvalue weighted by Crippen LogP contribution is 2.32. The monoisotopic (exact) mass is 368 g/mol. The molecule has 3 nitrogen and oxygen atoms in total. The topological polar surface area (TPSA) is 32.3 Å². The van der Waals surface area contributed by atoms with Crippen molar-refractivity contribution in [2.75, 3.05) is 16.8 Å². The van der Waals surface area contributed by atoms with Crippen LogP contribution < -0.4 is 10.2 Å². The zero-order valence-corrected chi connectivity index (χ0v) is 17.0. The van der Waals surface area contributed by atoms with Crippen molar-refractivity contribution in [2.24, 2.45) is 5.41 Å².